The number of aliphatic hydroxyl groups excluding tert-OH is 1. The van der Waals surface area contributed by atoms with Crippen molar-refractivity contribution in [2.45, 2.75) is 52.4 Å². The van der Waals surface area contributed by atoms with Crippen molar-refractivity contribution in [3.63, 3.8) is 0 Å². The molecule has 2 rings (SSSR count). The number of guanidine groups is 1. The van der Waals surface area contributed by atoms with Crippen LogP contribution in [0.15, 0.2) is 58.4 Å². The zero-order valence-corrected chi connectivity index (χ0v) is 18.2. The number of aromatic nitrogens is 1. The van der Waals surface area contributed by atoms with E-state index < -0.39 is 6.10 Å². The normalized spacial score (nSPS) is 12.6. The minimum absolute atomic E-state index is 0.0252. The van der Waals surface area contributed by atoms with Crippen molar-refractivity contribution in [3.8, 4) is 5.75 Å². The van der Waals surface area contributed by atoms with E-state index in [1.165, 1.54) is 0 Å². The van der Waals surface area contributed by atoms with Crippen molar-refractivity contribution in [1.82, 2.24) is 15.2 Å². The Morgan fingerprint density at radius 3 is 2.73 bits per heavy atom. The average Bonchev–Trinajstić information content (AvgIpc) is 2.72. The standard InChI is InChI=1S/C23H34N4O3/c1-4-24-23(25-13-6-8-15-27-14-7-5-12-22(27)29)26-17-21(28)19-10-9-11-20(16-19)30-18(2)3/h5,7,9-12,14,16,18,21,28H,4,6,8,13,15,17H2,1-3H3,(H2,24,25,26). The smallest absolute Gasteiger partial charge is 0.250 e. The lowest BCUT2D eigenvalue weighted by molar-refractivity contribution is 0.185. The van der Waals surface area contributed by atoms with Gasteiger partial charge in [0.25, 0.3) is 0 Å². The van der Waals surface area contributed by atoms with Crippen molar-refractivity contribution >= 4 is 5.96 Å². The summed E-state index contributed by atoms with van der Waals surface area (Å²) in [6, 6.07) is 12.7. The molecular weight excluding hydrogens is 380 g/mol. The molecule has 1 unspecified atom stereocenters. The summed E-state index contributed by atoms with van der Waals surface area (Å²) < 4.78 is 7.41. The molecule has 1 heterocycles. The van der Waals surface area contributed by atoms with E-state index in [0.717, 1.165) is 37.2 Å². The molecule has 164 valence electrons. The lowest BCUT2D eigenvalue weighted by Crippen LogP contribution is -2.38. The molecule has 2 aromatic rings. The Bertz CT molecular complexity index is 848. The van der Waals surface area contributed by atoms with Gasteiger partial charge in [-0.25, -0.2) is 0 Å². The zero-order chi connectivity index (χ0) is 21.8. The van der Waals surface area contributed by atoms with Gasteiger partial charge in [-0.1, -0.05) is 18.2 Å². The van der Waals surface area contributed by atoms with Crippen LogP contribution in [-0.2, 0) is 6.54 Å². The van der Waals surface area contributed by atoms with Crippen LogP contribution < -0.4 is 20.9 Å². The Balaban J connectivity index is 1.81. The van der Waals surface area contributed by atoms with Gasteiger partial charge in [-0.3, -0.25) is 9.79 Å². The van der Waals surface area contributed by atoms with E-state index in [4.69, 9.17) is 4.74 Å². The van der Waals surface area contributed by atoms with Crippen LogP contribution in [-0.4, -0.2) is 41.4 Å². The number of nitrogens with one attached hydrogen (secondary N) is 2. The summed E-state index contributed by atoms with van der Waals surface area (Å²) in [4.78, 5) is 16.2. The first-order valence-corrected chi connectivity index (χ1v) is 10.6. The molecule has 1 aromatic heterocycles. The fourth-order valence-electron chi connectivity index (χ4n) is 2.95. The monoisotopic (exact) mass is 414 g/mol. The number of unbranched alkanes of at least 4 members (excludes halogenated alkanes) is 1. The van der Waals surface area contributed by atoms with E-state index in [-0.39, 0.29) is 18.2 Å². The van der Waals surface area contributed by atoms with Crippen LogP contribution in [0.2, 0.25) is 0 Å². The number of nitrogens with zero attached hydrogens (tertiary/aromatic N) is 2. The van der Waals surface area contributed by atoms with Crippen molar-refractivity contribution in [2.75, 3.05) is 19.6 Å². The van der Waals surface area contributed by atoms with E-state index in [1.807, 2.05) is 57.3 Å². The molecule has 7 heteroatoms. The summed E-state index contributed by atoms with van der Waals surface area (Å²) >= 11 is 0. The van der Waals surface area contributed by atoms with Crippen LogP contribution in [0.1, 0.15) is 45.3 Å². The molecule has 7 nitrogen and oxygen atoms in total. The SMILES string of the molecule is CCNC(=NCC(O)c1cccc(OC(C)C)c1)NCCCCn1ccccc1=O. The molecule has 0 aliphatic heterocycles. The minimum atomic E-state index is -0.707. The number of benzene rings is 1. The maximum atomic E-state index is 11.7. The predicted molar refractivity (Wildman–Crippen MR) is 121 cm³/mol. The maximum Gasteiger partial charge on any atom is 0.250 e. The summed E-state index contributed by atoms with van der Waals surface area (Å²) in [5, 5.41) is 17.0. The highest BCUT2D eigenvalue weighted by atomic mass is 16.5. The molecule has 1 aromatic carbocycles. The zero-order valence-electron chi connectivity index (χ0n) is 18.2. The second-order valence-corrected chi connectivity index (χ2v) is 7.34. The van der Waals surface area contributed by atoms with Gasteiger partial charge in [0.1, 0.15) is 5.75 Å². The molecular formula is C23H34N4O3. The Kier molecular flexibility index (Phi) is 9.94. The van der Waals surface area contributed by atoms with Crippen LogP contribution in [0.25, 0.3) is 0 Å². The van der Waals surface area contributed by atoms with Crippen molar-refractivity contribution in [3.05, 3.63) is 64.6 Å². The van der Waals surface area contributed by atoms with Crippen LogP contribution in [0.4, 0.5) is 0 Å². The third-order valence-electron chi connectivity index (χ3n) is 4.40. The molecule has 0 aliphatic carbocycles. The Hall–Kier alpha value is -2.80. The predicted octanol–water partition coefficient (Wildman–Crippen LogP) is 2.70. The first-order chi connectivity index (χ1) is 14.5. The maximum absolute atomic E-state index is 11.7. The number of hydrogen-bond acceptors (Lipinski definition) is 4. The number of ether oxygens (including phenoxy) is 1. The van der Waals surface area contributed by atoms with Crippen molar-refractivity contribution in [2.24, 2.45) is 4.99 Å². The molecule has 0 saturated carbocycles. The summed E-state index contributed by atoms with van der Waals surface area (Å²) in [5.41, 5.74) is 0.804. The van der Waals surface area contributed by atoms with Crippen LogP contribution in [0, 0.1) is 0 Å². The van der Waals surface area contributed by atoms with Gasteiger partial charge in [-0.2, -0.15) is 0 Å². The van der Waals surface area contributed by atoms with E-state index in [0.29, 0.717) is 12.5 Å². The van der Waals surface area contributed by atoms with Crippen LogP contribution in [0.5, 0.6) is 5.75 Å². The Labute approximate surface area is 178 Å². The lowest BCUT2D eigenvalue weighted by atomic mass is 10.1. The number of rotatable bonds is 11. The fourth-order valence-corrected chi connectivity index (χ4v) is 2.95. The van der Waals surface area contributed by atoms with Gasteiger partial charge in [0.2, 0.25) is 5.56 Å². The number of hydrogen-bond donors (Lipinski definition) is 3. The number of aliphatic imine (C=N–C) groups is 1. The first-order valence-electron chi connectivity index (χ1n) is 10.6. The summed E-state index contributed by atoms with van der Waals surface area (Å²) in [5.74, 6) is 1.41. The summed E-state index contributed by atoms with van der Waals surface area (Å²) in [7, 11) is 0. The molecule has 0 spiro atoms. The molecule has 0 fully saturated rings. The average molecular weight is 415 g/mol. The highest BCUT2D eigenvalue weighted by molar-refractivity contribution is 5.79. The summed E-state index contributed by atoms with van der Waals surface area (Å²) in [6.07, 6.45) is 2.98. The topological polar surface area (TPSA) is 87.9 Å². The van der Waals surface area contributed by atoms with E-state index >= 15 is 0 Å². The Morgan fingerprint density at radius 2 is 2.00 bits per heavy atom. The van der Waals surface area contributed by atoms with Crippen LogP contribution >= 0.6 is 0 Å². The van der Waals surface area contributed by atoms with Gasteiger partial charge >= 0.3 is 0 Å². The lowest BCUT2D eigenvalue weighted by Gasteiger charge is -2.15. The molecule has 3 N–H and O–H groups in total. The second-order valence-electron chi connectivity index (χ2n) is 7.34. The fraction of sp³-hybridized carbons (Fsp3) is 0.478. The highest BCUT2D eigenvalue weighted by Gasteiger charge is 2.09. The van der Waals surface area contributed by atoms with Gasteiger partial charge in [-0.05, 0) is 57.4 Å². The van der Waals surface area contributed by atoms with Gasteiger partial charge in [0.15, 0.2) is 5.96 Å². The molecule has 0 radical (unpaired) electrons. The van der Waals surface area contributed by atoms with Crippen LogP contribution in [0.3, 0.4) is 0 Å². The molecule has 0 saturated heterocycles. The third-order valence-corrected chi connectivity index (χ3v) is 4.40. The third kappa shape index (κ3) is 8.29. The molecule has 30 heavy (non-hydrogen) atoms. The minimum Gasteiger partial charge on any atom is -0.491 e. The van der Waals surface area contributed by atoms with Crippen molar-refractivity contribution < 1.29 is 9.84 Å². The first kappa shape index (κ1) is 23.5. The summed E-state index contributed by atoms with van der Waals surface area (Å²) in [6.45, 7) is 8.37. The quantitative estimate of drug-likeness (QED) is 0.299. The molecule has 0 bridgehead atoms. The van der Waals surface area contributed by atoms with Crippen molar-refractivity contribution in [1.29, 1.82) is 0 Å². The van der Waals surface area contributed by atoms with Gasteiger partial charge in [0, 0.05) is 31.9 Å². The number of pyridine rings is 1. The van der Waals surface area contributed by atoms with Gasteiger partial charge in [0.05, 0.1) is 18.8 Å². The van der Waals surface area contributed by atoms with E-state index in [9.17, 15) is 9.90 Å². The van der Waals surface area contributed by atoms with E-state index in [1.54, 1.807) is 16.7 Å². The Morgan fingerprint density at radius 1 is 1.17 bits per heavy atom. The largest absolute Gasteiger partial charge is 0.491 e. The van der Waals surface area contributed by atoms with Gasteiger partial charge < -0.3 is 25.0 Å². The van der Waals surface area contributed by atoms with E-state index in [2.05, 4.69) is 15.6 Å². The molecule has 1 atom stereocenters. The number of aliphatic hydroxyl groups is 1. The highest BCUT2D eigenvalue weighted by Crippen LogP contribution is 2.20. The molecule has 0 amide bonds. The van der Waals surface area contributed by atoms with Gasteiger partial charge in [-0.15, -0.1) is 0 Å². The second kappa shape index (κ2) is 12.7. The molecule has 0 aliphatic rings. The number of aryl methyl sites for hydroxylation is 1.